The Balaban J connectivity index is 2.13. The summed E-state index contributed by atoms with van der Waals surface area (Å²) in [5.41, 5.74) is 1.60. The van der Waals surface area contributed by atoms with Gasteiger partial charge in [0.2, 0.25) is 6.79 Å². The van der Waals surface area contributed by atoms with Crippen LogP contribution in [-0.4, -0.2) is 11.8 Å². The molecule has 3 rings (SSSR count). The van der Waals surface area contributed by atoms with Gasteiger partial charge in [0.05, 0.1) is 10.7 Å². The molecule has 84 valence electrons. The highest BCUT2D eigenvalue weighted by atomic mass is 32.1. The second-order valence-corrected chi connectivity index (χ2v) is 4.79. The van der Waals surface area contributed by atoms with Crippen LogP contribution >= 0.6 is 11.3 Å². The number of aromatic nitrogens is 1. The molecular weight excluding hydrogens is 236 g/mol. The fourth-order valence-corrected chi connectivity index (χ4v) is 2.48. The zero-order valence-corrected chi connectivity index (χ0v) is 9.87. The Labute approximate surface area is 102 Å². The van der Waals surface area contributed by atoms with E-state index in [4.69, 9.17) is 14.7 Å². The van der Waals surface area contributed by atoms with Gasteiger partial charge >= 0.3 is 0 Å². The summed E-state index contributed by atoms with van der Waals surface area (Å²) in [5, 5.41) is 9.93. The number of hydrogen-bond acceptors (Lipinski definition) is 5. The molecule has 0 aliphatic carbocycles. The first-order valence-corrected chi connectivity index (χ1v) is 5.87. The van der Waals surface area contributed by atoms with Crippen LogP contribution in [0.2, 0.25) is 0 Å². The van der Waals surface area contributed by atoms with E-state index in [0.29, 0.717) is 16.3 Å². The molecular formula is C12H8N2O2S. The maximum absolute atomic E-state index is 9.05. The number of nitriles is 1. The van der Waals surface area contributed by atoms with E-state index >= 15 is 0 Å². The molecule has 0 bridgehead atoms. The molecule has 5 heteroatoms. The van der Waals surface area contributed by atoms with Gasteiger partial charge < -0.3 is 9.47 Å². The van der Waals surface area contributed by atoms with E-state index in [1.165, 1.54) is 11.3 Å². The molecule has 1 aromatic heterocycles. The van der Waals surface area contributed by atoms with Crippen LogP contribution in [-0.2, 0) is 0 Å². The SMILES string of the molecule is Cc1nc(-c2ccc3c(c2)OCO3)c(C#N)s1. The maximum Gasteiger partial charge on any atom is 0.231 e. The lowest BCUT2D eigenvalue weighted by Gasteiger charge is -2.00. The molecule has 1 aromatic carbocycles. The average molecular weight is 244 g/mol. The highest BCUT2D eigenvalue weighted by Gasteiger charge is 2.17. The minimum absolute atomic E-state index is 0.250. The van der Waals surface area contributed by atoms with Gasteiger partial charge in [0, 0.05) is 5.56 Å². The van der Waals surface area contributed by atoms with Crippen molar-refractivity contribution in [1.29, 1.82) is 5.26 Å². The van der Waals surface area contributed by atoms with Gasteiger partial charge in [0.1, 0.15) is 10.9 Å². The van der Waals surface area contributed by atoms with Crippen molar-refractivity contribution >= 4 is 11.3 Å². The topological polar surface area (TPSA) is 55.1 Å². The molecule has 0 spiro atoms. The van der Waals surface area contributed by atoms with Crippen molar-refractivity contribution in [3.63, 3.8) is 0 Å². The van der Waals surface area contributed by atoms with Crippen molar-refractivity contribution in [1.82, 2.24) is 4.98 Å². The molecule has 0 unspecified atom stereocenters. The van der Waals surface area contributed by atoms with Crippen LogP contribution in [0.1, 0.15) is 9.88 Å². The molecule has 1 aliphatic heterocycles. The number of fused-ring (bicyclic) bond motifs is 1. The Kier molecular flexibility index (Phi) is 2.23. The summed E-state index contributed by atoms with van der Waals surface area (Å²) < 4.78 is 10.6. The van der Waals surface area contributed by atoms with Gasteiger partial charge in [-0.25, -0.2) is 4.98 Å². The van der Waals surface area contributed by atoms with Crippen LogP contribution in [0.5, 0.6) is 11.5 Å². The molecule has 2 heterocycles. The summed E-state index contributed by atoms with van der Waals surface area (Å²) in [6.07, 6.45) is 0. The lowest BCUT2D eigenvalue weighted by atomic mass is 10.1. The molecule has 4 nitrogen and oxygen atoms in total. The van der Waals surface area contributed by atoms with Gasteiger partial charge in [-0.15, -0.1) is 11.3 Å². The third-order valence-electron chi connectivity index (χ3n) is 2.48. The second-order valence-electron chi connectivity index (χ2n) is 3.59. The molecule has 0 saturated carbocycles. The van der Waals surface area contributed by atoms with E-state index in [1.54, 1.807) is 0 Å². The Hall–Kier alpha value is -2.06. The van der Waals surface area contributed by atoms with Crippen LogP contribution in [0.3, 0.4) is 0 Å². The predicted octanol–water partition coefficient (Wildman–Crippen LogP) is 2.72. The largest absolute Gasteiger partial charge is 0.454 e. The van der Waals surface area contributed by atoms with E-state index in [9.17, 15) is 0 Å². The monoisotopic (exact) mass is 244 g/mol. The van der Waals surface area contributed by atoms with Gasteiger partial charge in [-0.3, -0.25) is 0 Å². The minimum Gasteiger partial charge on any atom is -0.454 e. The molecule has 0 saturated heterocycles. The van der Waals surface area contributed by atoms with Crippen molar-refractivity contribution in [2.24, 2.45) is 0 Å². The number of nitrogens with zero attached hydrogens (tertiary/aromatic N) is 2. The van der Waals surface area contributed by atoms with E-state index < -0.39 is 0 Å². The summed E-state index contributed by atoms with van der Waals surface area (Å²) in [6.45, 7) is 2.14. The summed E-state index contributed by atoms with van der Waals surface area (Å²) in [4.78, 5) is 5.00. The highest BCUT2D eigenvalue weighted by Crippen LogP contribution is 2.37. The number of thiazole rings is 1. The standard InChI is InChI=1S/C12H8N2O2S/c1-7-14-12(11(5-13)17-7)8-2-3-9-10(4-8)16-6-15-9/h2-4H,6H2,1H3. The Morgan fingerprint density at radius 3 is 3.00 bits per heavy atom. The van der Waals surface area contributed by atoms with E-state index in [0.717, 1.165) is 16.3 Å². The second kappa shape index (κ2) is 3.75. The van der Waals surface area contributed by atoms with Gasteiger partial charge in [-0.1, -0.05) is 0 Å². The third-order valence-corrected chi connectivity index (χ3v) is 3.36. The van der Waals surface area contributed by atoms with Crippen molar-refractivity contribution in [2.75, 3.05) is 6.79 Å². The van der Waals surface area contributed by atoms with Gasteiger partial charge in [0.25, 0.3) is 0 Å². The molecule has 17 heavy (non-hydrogen) atoms. The quantitative estimate of drug-likeness (QED) is 0.774. The van der Waals surface area contributed by atoms with Crippen LogP contribution in [0.4, 0.5) is 0 Å². The number of ether oxygens (including phenoxy) is 2. The Morgan fingerprint density at radius 1 is 1.35 bits per heavy atom. The minimum atomic E-state index is 0.250. The van der Waals surface area contributed by atoms with Crippen molar-refractivity contribution in [3.8, 4) is 28.8 Å². The van der Waals surface area contributed by atoms with E-state index in [-0.39, 0.29) is 6.79 Å². The molecule has 2 aromatic rings. The fourth-order valence-electron chi connectivity index (χ4n) is 1.74. The molecule has 0 atom stereocenters. The van der Waals surface area contributed by atoms with Crippen LogP contribution < -0.4 is 9.47 Å². The van der Waals surface area contributed by atoms with Gasteiger partial charge in [-0.05, 0) is 25.1 Å². The molecule has 0 amide bonds. The van der Waals surface area contributed by atoms with Gasteiger partial charge in [0.15, 0.2) is 11.5 Å². The van der Waals surface area contributed by atoms with Gasteiger partial charge in [-0.2, -0.15) is 5.26 Å². The van der Waals surface area contributed by atoms with Crippen LogP contribution in [0, 0.1) is 18.3 Å². The van der Waals surface area contributed by atoms with Crippen molar-refractivity contribution < 1.29 is 9.47 Å². The first kappa shape index (κ1) is 10.1. The number of hydrogen-bond donors (Lipinski definition) is 0. The van der Waals surface area contributed by atoms with Crippen molar-refractivity contribution in [3.05, 3.63) is 28.1 Å². The summed E-state index contributed by atoms with van der Waals surface area (Å²) in [7, 11) is 0. The van der Waals surface area contributed by atoms with E-state index in [1.807, 2.05) is 25.1 Å². The van der Waals surface area contributed by atoms with Crippen LogP contribution in [0.25, 0.3) is 11.3 Å². The smallest absolute Gasteiger partial charge is 0.231 e. The maximum atomic E-state index is 9.05. The zero-order chi connectivity index (χ0) is 11.8. The number of rotatable bonds is 1. The summed E-state index contributed by atoms with van der Waals surface area (Å²) >= 11 is 1.40. The lowest BCUT2D eigenvalue weighted by molar-refractivity contribution is 0.174. The number of benzene rings is 1. The fraction of sp³-hybridized carbons (Fsp3) is 0.167. The average Bonchev–Trinajstić information content (AvgIpc) is 2.93. The Morgan fingerprint density at radius 2 is 2.18 bits per heavy atom. The predicted molar refractivity (Wildman–Crippen MR) is 63.1 cm³/mol. The molecule has 0 fully saturated rings. The summed E-state index contributed by atoms with van der Waals surface area (Å²) in [5.74, 6) is 1.44. The first-order chi connectivity index (χ1) is 8.28. The Bertz CT molecular complexity index is 628. The lowest BCUT2D eigenvalue weighted by Crippen LogP contribution is -1.92. The third kappa shape index (κ3) is 1.63. The normalized spacial score (nSPS) is 12.5. The number of aryl methyl sites for hydroxylation is 1. The van der Waals surface area contributed by atoms with E-state index in [2.05, 4.69) is 11.1 Å². The molecule has 0 N–H and O–H groups in total. The summed E-state index contributed by atoms with van der Waals surface area (Å²) in [6, 6.07) is 7.76. The highest BCUT2D eigenvalue weighted by molar-refractivity contribution is 7.12. The van der Waals surface area contributed by atoms with Crippen LogP contribution in [0.15, 0.2) is 18.2 Å². The molecule has 0 radical (unpaired) electrons. The molecule has 1 aliphatic rings. The van der Waals surface area contributed by atoms with Crippen molar-refractivity contribution in [2.45, 2.75) is 6.92 Å². The first-order valence-electron chi connectivity index (χ1n) is 5.05. The zero-order valence-electron chi connectivity index (χ0n) is 9.06.